The molecule has 0 N–H and O–H groups in total. The van der Waals surface area contributed by atoms with Crippen LogP contribution in [0.3, 0.4) is 0 Å². The lowest BCUT2D eigenvalue weighted by Gasteiger charge is -2.14. The minimum atomic E-state index is 0.0700. The minimum absolute atomic E-state index is 0.0700. The first-order chi connectivity index (χ1) is 8.75. The van der Waals surface area contributed by atoms with Gasteiger partial charge in [0.15, 0.2) is 5.78 Å². The normalized spacial score (nSPS) is 17.4. The standard InChI is InChI=1S/C15H19BrO2/c16-13-7-5-6-12(10-13)15(17)11-18-14-8-3-1-2-4-9-14/h5-7,10,14H,1-4,8-9,11H2. The number of hydrogen-bond acceptors (Lipinski definition) is 2. The molecule has 0 amide bonds. The summed E-state index contributed by atoms with van der Waals surface area (Å²) < 4.78 is 6.69. The van der Waals surface area contributed by atoms with Crippen LogP contribution >= 0.6 is 15.9 Å². The summed E-state index contributed by atoms with van der Waals surface area (Å²) in [6, 6.07) is 7.48. The van der Waals surface area contributed by atoms with E-state index in [0.717, 1.165) is 22.9 Å². The van der Waals surface area contributed by atoms with E-state index in [1.165, 1.54) is 25.7 Å². The zero-order chi connectivity index (χ0) is 12.8. The van der Waals surface area contributed by atoms with Gasteiger partial charge in [-0.05, 0) is 25.0 Å². The molecule has 3 heteroatoms. The summed E-state index contributed by atoms with van der Waals surface area (Å²) in [6.07, 6.45) is 7.56. The van der Waals surface area contributed by atoms with Crippen LogP contribution in [0.15, 0.2) is 28.7 Å². The molecule has 0 heterocycles. The van der Waals surface area contributed by atoms with Gasteiger partial charge in [-0.2, -0.15) is 0 Å². The molecule has 1 aliphatic carbocycles. The molecule has 2 nitrogen and oxygen atoms in total. The topological polar surface area (TPSA) is 26.3 Å². The zero-order valence-electron chi connectivity index (χ0n) is 10.5. The largest absolute Gasteiger partial charge is 0.370 e. The van der Waals surface area contributed by atoms with Gasteiger partial charge in [0.05, 0.1) is 6.10 Å². The first-order valence-corrected chi connectivity index (χ1v) is 7.45. The SMILES string of the molecule is O=C(COC1CCCCCC1)c1cccc(Br)c1. The summed E-state index contributed by atoms with van der Waals surface area (Å²) in [5.41, 5.74) is 0.720. The van der Waals surface area contributed by atoms with Gasteiger partial charge in [0.1, 0.15) is 6.61 Å². The molecule has 1 aliphatic rings. The predicted octanol–water partition coefficient (Wildman–Crippen LogP) is 4.37. The van der Waals surface area contributed by atoms with E-state index in [4.69, 9.17) is 4.74 Å². The fourth-order valence-corrected chi connectivity index (χ4v) is 2.75. The quantitative estimate of drug-likeness (QED) is 0.609. The molecule has 18 heavy (non-hydrogen) atoms. The van der Waals surface area contributed by atoms with Gasteiger partial charge in [-0.3, -0.25) is 4.79 Å². The summed E-state index contributed by atoms with van der Waals surface area (Å²) in [5.74, 6) is 0.0700. The van der Waals surface area contributed by atoms with Crippen molar-refractivity contribution in [1.29, 1.82) is 0 Å². The number of ether oxygens (including phenoxy) is 1. The monoisotopic (exact) mass is 310 g/mol. The van der Waals surface area contributed by atoms with Crippen molar-refractivity contribution in [3.63, 3.8) is 0 Å². The van der Waals surface area contributed by atoms with Crippen molar-refractivity contribution in [3.8, 4) is 0 Å². The third-order valence-electron chi connectivity index (χ3n) is 3.40. The average molecular weight is 311 g/mol. The Labute approximate surface area is 117 Å². The molecule has 1 aromatic rings. The second-order valence-electron chi connectivity index (χ2n) is 4.86. The Morgan fingerprint density at radius 1 is 1.22 bits per heavy atom. The lowest BCUT2D eigenvalue weighted by Crippen LogP contribution is -2.18. The average Bonchev–Trinajstić information content (AvgIpc) is 2.64. The fraction of sp³-hybridized carbons (Fsp3) is 0.533. The highest BCUT2D eigenvalue weighted by Crippen LogP contribution is 2.20. The summed E-state index contributed by atoms with van der Waals surface area (Å²) >= 11 is 3.38. The molecule has 0 saturated heterocycles. The Bertz CT molecular complexity index is 395. The Morgan fingerprint density at radius 3 is 2.61 bits per heavy atom. The highest BCUT2D eigenvalue weighted by molar-refractivity contribution is 9.10. The van der Waals surface area contributed by atoms with E-state index in [-0.39, 0.29) is 18.5 Å². The van der Waals surface area contributed by atoms with E-state index in [1.54, 1.807) is 0 Å². The van der Waals surface area contributed by atoms with E-state index >= 15 is 0 Å². The molecule has 0 radical (unpaired) electrons. The van der Waals surface area contributed by atoms with Gasteiger partial charge >= 0.3 is 0 Å². The van der Waals surface area contributed by atoms with Crippen LogP contribution in [0, 0.1) is 0 Å². The van der Waals surface area contributed by atoms with Crippen LogP contribution in [0.4, 0.5) is 0 Å². The van der Waals surface area contributed by atoms with E-state index in [0.29, 0.717) is 0 Å². The van der Waals surface area contributed by atoms with Gasteiger partial charge in [0.25, 0.3) is 0 Å². The fourth-order valence-electron chi connectivity index (χ4n) is 2.35. The third kappa shape index (κ3) is 4.21. The van der Waals surface area contributed by atoms with Gasteiger partial charge in [0, 0.05) is 10.0 Å². The summed E-state index contributed by atoms with van der Waals surface area (Å²) in [7, 11) is 0. The lowest BCUT2D eigenvalue weighted by atomic mass is 10.1. The van der Waals surface area contributed by atoms with Crippen LogP contribution in [-0.2, 0) is 4.74 Å². The van der Waals surface area contributed by atoms with Crippen LogP contribution in [0.5, 0.6) is 0 Å². The number of carbonyl (C=O) groups is 1. The van der Waals surface area contributed by atoms with Crippen molar-refractivity contribution in [1.82, 2.24) is 0 Å². The second kappa shape index (κ2) is 7.05. The number of halogens is 1. The van der Waals surface area contributed by atoms with Gasteiger partial charge in [-0.1, -0.05) is 53.7 Å². The second-order valence-corrected chi connectivity index (χ2v) is 5.77. The third-order valence-corrected chi connectivity index (χ3v) is 3.89. The molecular formula is C15H19BrO2. The molecule has 0 bridgehead atoms. The van der Waals surface area contributed by atoms with Crippen molar-refractivity contribution in [2.45, 2.75) is 44.6 Å². The van der Waals surface area contributed by atoms with Gasteiger partial charge in [-0.15, -0.1) is 0 Å². The van der Waals surface area contributed by atoms with Crippen LogP contribution in [0.25, 0.3) is 0 Å². The van der Waals surface area contributed by atoms with Crippen molar-refractivity contribution >= 4 is 21.7 Å². The van der Waals surface area contributed by atoms with Crippen LogP contribution < -0.4 is 0 Å². The predicted molar refractivity (Wildman–Crippen MR) is 75.9 cm³/mol. The van der Waals surface area contributed by atoms with Crippen molar-refractivity contribution in [3.05, 3.63) is 34.3 Å². The molecule has 0 atom stereocenters. The molecule has 98 valence electrons. The van der Waals surface area contributed by atoms with E-state index < -0.39 is 0 Å². The van der Waals surface area contributed by atoms with Gasteiger partial charge in [0.2, 0.25) is 0 Å². The summed E-state index contributed by atoms with van der Waals surface area (Å²) in [4.78, 5) is 12.0. The maximum atomic E-state index is 12.0. The number of hydrogen-bond donors (Lipinski definition) is 0. The molecule has 0 aliphatic heterocycles. The Hall–Kier alpha value is -0.670. The number of ketones is 1. The Balaban J connectivity index is 1.84. The first kappa shape index (κ1) is 13.8. The number of rotatable bonds is 4. The lowest BCUT2D eigenvalue weighted by molar-refractivity contribution is 0.0389. The number of Topliss-reactive ketones (excluding diaryl/α,β-unsaturated/α-hetero) is 1. The highest BCUT2D eigenvalue weighted by atomic mass is 79.9. The zero-order valence-corrected chi connectivity index (χ0v) is 12.1. The highest BCUT2D eigenvalue weighted by Gasteiger charge is 2.15. The first-order valence-electron chi connectivity index (χ1n) is 6.66. The number of benzene rings is 1. The molecule has 1 fully saturated rings. The van der Waals surface area contributed by atoms with Gasteiger partial charge in [-0.25, -0.2) is 0 Å². The number of carbonyl (C=O) groups excluding carboxylic acids is 1. The summed E-state index contributed by atoms with van der Waals surface area (Å²) in [6.45, 7) is 0.209. The van der Waals surface area contributed by atoms with E-state index in [1.807, 2.05) is 24.3 Å². The minimum Gasteiger partial charge on any atom is -0.370 e. The molecule has 1 aromatic carbocycles. The maximum absolute atomic E-state index is 12.0. The molecule has 0 unspecified atom stereocenters. The van der Waals surface area contributed by atoms with Crippen molar-refractivity contribution in [2.24, 2.45) is 0 Å². The molecule has 1 saturated carbocycles. The Kier molecular flexibility index (Phi) is 5.39. The maximum Gasteiger partial charge on any atom is 0.188 e. The van der Waals surface area contributed by atoms with Crippen LogP contribution in [0.2, 0.25) is 0 Å². The smallest absolute Gasteiger partial charge is 0.188 e. The Morgan fingerprint density at radius 2 is 1.94 bits per heavy atom. The molecule has 0 aromatic heterocycles. The van der Waals surface area contributed by atoms with E-state index in [2.05, 4.69) is 15.9 Å². The molecular weight excluding hydrogens is 292 g/mol. The van der Waals surface area contributed by atoms with Crippen molar-refractivity contribution in [2.75, 3.05) is 6.61 Å². The molecule has 2 rings (SSSR count). The molecule has 0 spiro atoms. The van der Waals surface area contributed by atoms with Crippen LogP contribution in [-0.4, -0.2) is 18.5 Å². The van der Waals surface area contributed by atoms with E-state index in [9.17, 15) is 4.79 Å². The van der Waals surface area contributed by atoms with Crippen LogP contribution in [0.1, 0.15) is 48.9 Å². The van der Waals surface area contributed by atoms with Crippen molar-refractivity contribution < 1.29 is 9.53 Å². The van der Waals surface area contributed by atoms with Gasteiger partial charge < -0.3 is 4.74 Å². The summed E-state index contributed by atoms with van der Waals surface area (Å²) in [5, 5.41) is 0.